The van der Waals surface area contributed by atoms with Crippen LogP contribution in [-0.4, -0.2) is 24.2 Å². The van der Waals surface area contributed by atoms with E-state index in [2.05, 4.69) is 10.2 Å². The van der Waals surface area contributed by atoms with Gasteiger partial charge in [-0.25, -0.2) is 0 Å². The number of benzene rings is 2. The Morgan fingerprint density at radius 3 is 2.54 bits per heavy atom. The quantitative estimate of drug-likeness (QED) is 0.337. The first-order chi connectivity index (χ1) is 12.4. The zero-order valence-electron chi connectivity index (χ0n) is 14.4. The van der Waals surface area contributed by atoms with E-state index in [1.54, 1.807) is 6.07 Å². The average Bonchev–Trinajstić information content (AvgIpc) is 2.60. The van der Waals surface area contributed by atoms with Crippen molar-refractivity contribution >= 4 is 17.9 Å². The lowest BCUT2D eigenvalue weighted by molar-refractivity contribution is -0.386. The van der Waals surface area contributed by atoms with Crippen molar-refractivity contribution in [2.45, 2.75) is 13.5 Å². The van der Waals surface area contributed by atoms with Gasteiger partial charge in [0.15, 0.2) is 5.75 Å². The molecule has 0 unspecified atom stereocenters. The van der Waals surface area contributed by atoms with E-state index in [9.17, 15) is 10.1 Å². The molecular weight excluding hydrogens is 338 g/mol. The largest absolute Gasteiger partial charge is 0.493 e. The summed E-state index contributed by atoms with van der Waals surface area (Å²) >= 11 is 0. The zero-order valence-corrected chi connectivity index (χ0v) is 14.4. The number of rotatable bonds is 7. The van der Waals surface area contributed by atoms with Crippen molar-refractivity contribution in [3.8, 4) is 11.5 Å². The minimum absolute atomic E-state index is 0.0389. The van der Waals surface area contributed by atoms with Crippen molar-refractivity contribution in [2.24, 2.45) is 21.7 Å². The minimum Gasteiger partial charge on any atom is -0.493 e. The predicted octanol–water partition coefficient (Wildman–Crippen LogP) is 2.10. The first kappa shape index (κ1) is 18.7. The van der Waals surface area contributed by atoms with Gasteiger partial charge in [0.1, 0.15) is 6.61 Å². The maximum atomic E-state index is 11.4. The molecule has 0 fully saturated rings. The second kappa shape index (κ2) is 8.47. The van der Waals surface area contributed by atoms with Crippen molar-refractivity contribution in [3.63, 3.8) is 0 Å². The molecule has 0 aromatic heterocycles. The molecule has 0 saturated heterocycles. The molecule has 0 radical (unpaired) electrons. The van der Waals surface area contributed by atoms with Crippen LogP contribution in [0.3, 0.4) is 0 Å². The summed E-state index contributed by atoms with van der Waals surface area (Å²) in [6, 6.07) is 10.5. The van der Waals surface area contributed by atoms with Gasteiger partial charge in [0.2, 0.25) is 11.7 Å². The number of aryl methyl sites for hydroxylation is 1. The number of hydrogen-bond acceptors (Lipinski definition) is 6. The number of ether oxygens (including phenoxy) is 2. The van der Waals surface area contributed by atoms with Crippen LogP contribution < -0.4 is 20.9 Å². The minimum atomic E-state index is -0.551. The Hall–Kier alpha value is -3.62. The monoisotopic (exact) mass is 357 g/mol. The van der Waals surface area contributed by atoms with Crippen molar-refractivity contribution in [3.05, 3.63) is 63.2 Å². The Kier molecular flexibility index (Phi) is 6.10. The number of nitro benzene ring substituents is 1. The van der Waals surface area contributed by atoms with Gasteiger partial charge in [-0.3, -0.25) is 10.1 Å². The molecule has 2 aromatic carbocycles. The second-order valence-electron chi connectivity index (χ2n) is 5.37. The SMILES string of the molecule is COc1cc(/C=N\N=C(N)N)cc([N+](=O)[O-])c1OCc1ccc(C)cc1. The zero-order chi connectivity index (χ0) is 19.1. The molecule has 0 atom stereocenters. The molecule has 0 heterocycles. The van der Waals surface area contributed by atoms with Gasteiger partial charge in [0.25, 0.3) is 0 Å². The molecule has 0 aliphatic rings. The van der Waals surface area contributed by atoms with Gasteiger partial charge in [0, 0.05) is 11.6 Å². The molecule has 0 aliphatic heterocycles. The van der Waals surface area contributed by atoms with Crippen LogP contribution in [0.2, 0.25) is 0 Å². The van der Waals surface area contributed by atoms with Crippen LogP contribution in [0.15, 0.2) is 46.6 Å². The standard InChI is InChI=1S/C17H19N5O4/c1-11-3-5-12(6-4-11)10-26-16-14(22(23)24)7-13(8-15(16)25-2)9-20-21-17(18)19/h3-9H,10H2,1-2H3,(H4,18,19,21)/b20-9-. The predicted molar refractivity (Wildman–Crippen MR) is 98.6 cm³/mol. The van der Waals surface area contributed by atoms with E-state index in [-0.39, 0.29) is 29.8 Å². The fourth-order valence-electron chi connectivity index (χ4n) is 2.12. The fraction of sp³-hybridized carbons (Fsp3) is 0.176. The number of methoxy groups -OCH3 is 1. The topological polar surface area (TPSA) is 138 Å². The lowest BCUT2D eigenvalue weighted by Crippen LogP contribution is -2.21. The number of guanidine groups is 1. The Labute approximate surface area is 150 Å². The van der Waals surface area contributed by atoms with E-state index >= 15 is 0 Å². The highest BCUT2D eigenvalue weighted by atomic mass is 16.6. The summed E-state index contributed by atoms with van der Waals surface area (Å²) in [5.74, 6) is 0.0234. The molecule has 26 heavy (non-hydrogen) atoms. The Morgan fingerprint density at radius 1 is 1.27 bits per heavy atom. The normalized spacial score (nSPS) is 10.5. The first-order valence-electron chi connectivity index (χ1n) is 7.57. The number of nitrogens with two attached hydrogens (primary N) is 2. The molecule has 2 aromatic rings. The van der Waals surface area contributed by atoms with Crippen molar-refractivity contribution in [2.75, 3.05) is 7.11 Å². The molecule has 4 N–H and O–H groups in total. The highest BCUT2D eigenvalue weighted by Crippen LogP contribution is 2.38. The van der Waals surface area contributed by atoms with Crippen molar-refractivity contribution < 1.29 is 14.4 Å². The summed E-state index contributed by atoms with van der Waals surface area (Å²) in [5, 5.41) is 18.5. The van der Waals surface area contributed by atoms with Gasteiger partial charge >= 0.3 is 5.69 Å². The van der Waals surface area contributed by atoms with Gasteiger partial charge in [-0.05, 0) is 18.6 Å². The van der Waals surface area contributed by atoms with Crippen LogP contribution in [0.25, 0.3) is 0 Å². The van der Waals surface area contributed by atoms with Crippen LogP contribution in [0.4, 0.5) is 5.69 Å². The van der Waals surface area contributed by atoms with Crippen LogP contribution >= 0.6 is 0 Å². The molecule has 0 aliphatic carbocycles. The summed E-state index contributed by atoms with van der Waals surface area (Å²) in [6.07, 6.45) is 1.28. The van der Waals surface area contributed by atoms with E-state index in [0.29, 0.717) is 5.56 Å². The molecule has 9 nitrogen and oxygen atoms in total. The van der Waals surface area contributed by atoms with Crippen LogP contribution in [0, 0.1) is 17.0 Å². The molecule has 0 saturated carbocycles. The van der Waals surface area contributed by atoms with Gasteiger partial charge in [-0.1, -0.05) is 29.8 Å². The smallest absolute Gasteiger partial charge is 0.315 e. The fourth-order valence-corrected chi connectivity index (χ4v) is 2.12. The number of nitro groups is 1. The maximum Gasteiger partial charge on any atom is 0.315 e. The second-order valence-corrected chi connectivity index (χ2v) is 5.37. The van der Waals surface area contributed by atoms with E-state index in [0.717, 1.165) is 11.1 Å². The average molecular weight is 357 g/mol. The van der Waals surface area contributed by atoms with Gasteiger partial charge < -0.3 is 20.9 Å². The van der Waals surface area contributed by atoms with E-state index < -0.39 is 4.92 Å². The summed E-state index contributed by atoms with van der Waals surface area (Å²) in [7, 11) is 1.40. The van der Waals surface area contributed by atoms with Crippen molar-refractivity contribution in [1.29, 1.82) is 0 Å². The first-order valence-corrected chi connectivity index (χ1v) is 7.57. The Balaban J connectivity index is 2.34. The van der Waals surface area contributed by atoms with Crippen LogP contribution in [-0.2, 0) is 6.61 Å². The Bertz CT molecular complexity index is 843. The third-order valence-electron chi connectivity index (χ3n) is 3.36. The summed E-state index contributed by atoms with van der Waals surface area (Å²) < 4.78 is 10.9. The highest BCUT2D eigenvalue weighted by Gasteiger charge is 2.22. The molecular formula is C17H19N5O4. The molecule has 2 rings (SSSR count). The molecule has 9 heteroatoms. The van der Waals surface area contributed by atoms with E-state index in [1.807, 2.05) is 31.2 Å². The summed E-state index contributed by atoms with van der Waals surface area (Å²) in [5.41, 5.74) is 12.5. The molecule has 136 valence electrons. The lowest BCUT2D eigenvalue weighted by atomic mass is 10.1. The van der Waals surface area contributed by atoms with Crippen LogP contribution in [0.1, 0.15) is 16.7 Å². The molecule has 0 amide bonds. The lowest BCUT2D eigenvalue weighted by Gasteiger charge is -2.12. The van der Waals surface area contributed by atoms with Gasteiger partial charge in [0.05, 0.1) is 18.2 Å². The summed E-state index contributed by atoms with van der Waals surface area (Å²) in [6.45, 7) is 2.14. The van der Waals surface area contributed by atoms with Gasteiger partial charge in [-0.15, -0.1) is 5.10 Å². The highest BCUT2D eigenvalue weighted by molar-refractivity contribution is 5.84. The third kappa shape index (κ3) is 4.94. The maximum absolute atomic E-state index is 11.4. The third-order valence-corrected chi connectivity index (χ3v) is 3.36. The molecule has 0 bridgehead atoms. The summed E-state index contributed by atoms with van der Waals surface area (Å²) in [4.78, 5) is 10.9. The van der Waals surface area contributed by atoms with E-state index in [1.165, 1.54) is 19.4 Å². The number of hydrogen-bond donors (Lipinski definition) is 2. The van der Waals surface area contributed by atoms with Crippen molar-refractivity contribution in [1.82, 2.24) is 0 Å². The van der Waals surface area contributed by atoms with Crippen LogP contribution in [0.5, 0.6) is 11.5 Å². The van der Waals surface area contributed by atoms with E-state index in [4.69, 9.17) is 20.9 Å². The Morgan fingerprint density at radius 2 is 1.96 bits per heavy atom. The number of nitrogens with zero attached hydrogens (tertiary/aromatic N) is 3. The molecule has 0 spiro atoms. The van der Waals surface area contributed by atoms with Gasteiger partial charge in [-0.2, -0.15) is 5.10 Å².